The van der Waals surface area contributed by atoms with Crippen LogP contribution >= 0.6 is 0 Å². The number of aliphatic hydroxyl groups excluding tert-OH is 1. The monoisotopic (exact) mass is 181 g/mol. The van der Waals surface area contributed by atoms with E-state index in [0.717, 1.165) is 5.01 Å². The topological polar surface area (TPSA) is 79.5 Å². The molecule has 3 N–H and O–H groups in total. The van der Waals surface area contributed by atoms with Crippen LogP contribution in [0.4, 0.5) is 0 Å². The third-order valence-electron chi connectivity index (χ3n) is 1.53. The number of pyridine rings is 1. The molecule has 5 nitrogen and oxygen atoms in total. The highest BCUT2D eigenvalue weighted by atomic mass is 16.3. The molecule has 1 heterocycles. The first kappa shape index (κ1) is 9.63. The molecule has 0 aromatic carbocycles. The lowest BCUT2D eigenvalue weighted by atomic mass is 10.2. The molecule has 1 aromatic rings. The minimum Gasteiger partial charge on any atom is -0.394 e. The van der Waals surface area contributed by atoms with Gasteiger partial charge in [-0.1, -0.05) is 0 Å². The van der Waals surface area contributed by atoms with E-state index in [1.807, 2.05) is 0 Å². The van der Waals surface area contributed by atoms with Crippen LogP contribution in [0.2, 0.25) is 0 Å². The van der Waals surface area contributed by atoms with Crippen LogP contribution in [0.3, 0.4) is 0 Å². The largest absolute Gasteiger partial charge is 0.394 e. The Balaban J connectivity index is 2.68. The van der Waals surface area contributed by atoms with Crippen LogP contribution in [0.25, 0.3) is 0 Å². The number of aliphatic hydroxyl groups is 1. The zero-order chi connectivity index (χ0) is 9.68. The molecule has 0 saturated heterocycles. The third kappa shape index (κ3) is 2.50. The van der Waals surface area contributed by atoms with Crippen LogP contribution in [0.1, 0.15) is 10.4 Å². The second-order valence-electron chi connectivity index (χ2n) is 2.46. The Hall–Kier alpha value is -1.46. The molecular weight excluding hydrogens is 170 g/mol. The van der Waals surface area contributed by atoms with Crippen LogP contribution in [-0.2, 0) is 0 Å². The molecule has 0 atom stereocenters. The fourth-order valence-electron chi connectivity index (χ4n) is 0.870. The van der Waals surface area contributed by atoms with Crippen LogP contribution in [0.5, 0.6) is 0 Å². The summed E-state index contributed by atoms with van der Waals surface area (Å²) in [6, 6.07) is 3.14. The number of nitrogens with two attached hydrogens (primary N) is 1. The van der Waals surface area contributed by atoms with E-state index in [0.29, 0.717) is 5.56 Å². The van der Waals surface area contributed by atoms with Crippen molar-refractivity contribution in [3.05, 3.63) is 30.1 Å². The predicted molar refractivity (Wildman–Crippen MR) is 46.5 cm³/mol. The molecule has 0 fully saturated rings. The number of rotatable bonds is 3. The van der Waals surface area contributed by atoms with E-state index in [2.05, 4.69) is 4.98 Å². The van der Waals surface area contributed by atoms with Gasteiger partial charge in [-0.05, 0) is 12.1 Å². The number of nitrogens with zero attached hydrogens (tertiary/aromatic N) is 2. The van der Waals surface area contributed by atoms with Crippen LogP contribution in [0, 0.1) is 0 Å². The predicted octanol–water partition coefficient (Wildman–Crippen LogP) is -0.610. The van der Waals surface area contributed by atoms with Crippen LogP contribution in [-0.4, -0.2) is 34.2 Å². The molecule has 0 radical (unpaired) electrons. The first-order valence-electron chi connectivity index (χ1n) is 3.83. The molecule has 13 heavy (non-hydrogen) atoms. The molecule has 5 heteroatoms. The highest BCUT2D eigenvalue weighted by Crippen LogP contribution is 1.99. The third-order valence-corrected chi connectivity index (χ3v) is 1.53. The van der Waals surface area contributed by atoms with E-state index in [9.17, 15) is 4.79 Å². The molecule has 0 aliphatic heterocycles. The summed E-state index contributed by atoms with van der Waals surface area (Å²) in [5.41, 5.74) is 0.464. The van der Waals surface area contributed by atoms with E-state index in [-0.39, 0.29) is 19.1 Å². The van der Waals surface area contributed by atoms with Crippen molar-refractivity contribution in [2.24, 2.45) is 5.84 Å². The molecule has 1 aromatic heterocycles. The lowest BCUT2D eigenvalue weighted by Gasteiger charge is -2.14. The summed E-state index contributed by atoms with van der Waals surface area (Å²) in [5, 5.41) is 9.51. The molecule has 0 bridgehead atoms. The van der Waals surface area contributed by atoms with E-state index < -0.39 is 0 Å². The van der Waals surface area contributed by atoms with Gasteiger partial charge < -0.3 is 5.11 Å². The molecule has 70 valence electrons. The van der Waals surface area contributed by atoms with Gasteiger partial charge in [0.2, 0.25) is 0 Å². The van der Waals surface area contributed by atoms with E-state index in [1.54, 1.807) is 12.1 Å². The second kappa shape index (κ2) is 4.54. The van der Waals surface area contributed by atoms with Gasteiger partial charge in [-0.2, -0.15) is 0 Å². The van der Waals surface area contributed by atoms with Crippen LogP contribution in [0.15, 0.2) is 24.5 Å². The highest BCUT2D eigenvalue weighted by molar-refractivity contribution is 5.93. The Bertz CT molecular complexity index is 276. The summed E-state index contributed by atoms with van der Waals surface area (Å²) in [6.45, 7) is -0.0194. The Labute approximate surface area is 75.8 Å². The van der Waals surface area contributed by atoms with Crippen molar-refractivity contribution in [3.63, 3.8) is 0 Å². The maximum Gasteiger partial charge on any atom is 0.267 e. The van der Waals surface area contributed by atoms with Gasteiger partial charge in [0.1, 0.15) is 0 Å². The van der Waals surface area contributed by atoms with Crippen molar-refractivity contribution in [3.8, 4) is 0 Å². The van der Waals surface area contributed by atoms with Crippen LogP contribution < -0.4 is 5.84 Å². The molecule has 0 aliphatic carbocycles. The molecule has 0 spiro atoms. The highest BCUT2D eigenvalue weighted by Gasteiger charge is 2.10. The summed E-state index contributed by atoms with van der Waals surface area (Å²) in [4.78, 5) is 15.2. The molecule has 1 amide bonds. The summed E-state index contributed by atoms with van der Waals surface area (Å²) < 4.78 is 0. The van der Waals surface area contributed by atoms with E-state index in [1.165, 1.54) is 12.4 Å². The minimum absolute atomic E-state index is 0.126. The molecule has 0 unspecified atom stereocenters. The van der Waals surface area contributed by atoms with Gasteiger partial charge in [0.25, 0.3) is 5.91 Å². The fraction of sp³-hybridized carbons (Fsp3) is 0.250. The second-order valence-corrected chi connectivity index (χ2v) is 2.46. The Kier molecular flexibility index (Phi) is 3.36. The van der Waals surface area contributed by atoms with Gasteiger partial charge in [-0.3, -0.25) is 14.8 Å². The zero-order valence-electron chi connectivity index (χ0n) is 7.05. The minimum atomic E-state index is -0.323. The normalized spacial score (nSPS) is 9.69. The maximum absolute atomic E-state index is 11.4. The summed E-state index contributed by atoms with van der Waals surface area (Å²) in [5.74, 6) is 5.04. The number of hydrazine groups is 1. The summed E-state index contributed by atoms with van der Waals surface area (Å²) in [6.07, 6.45) is 3.03. The number of hydrogen-bond acceptors (Lipinski definition) is 4. The van der Waals surface area contributed by atoms with Gasteiger partial charge in [-0.15, -0.1) is 0 Å². The lowest BCUT2D eigenvalue weighted by Crippen LogP contribution is -2.39. The first-order chi connectivity index (χ1) is 6.25. The Morgan fingerprint density at radius 1 is 1.54 bits per heavy atom. The average molecular weight is 181 g/mol. The number of carbonyl (C=O) groups excluding carboxylic acids is 1. The van der Waals surface area contributed by atoms with Crippen molar-refractivity contribution < 1.29 is 9.90 Å². The van der Waals surface area contributed by atoms with E-state index >= 15 is 0 Å². The molecule has 1 rings (SSSR count). The number of hydrogen-bond donors (Lipinski definition) is 2. The number of amides is 1. The van der Waals surface area contributed by atoms with Crippen molar-refractivity contribution in [1.82, 2.24) is 9.99 Å². The smallest absolute Gasteiger partial charge is 0.267 e. The van der Waals surface area contributed by atoms with Gasteiger partial charge in [-0.25, -0.2) is 5.84 Å². The molecule has 0 saturated carbocycles. The van der Waals surface area contributed by atoms with Crippen molar-refractivity contribution in [2.45, 2.75) is 0 Å². The van der Waals surface area contributed by atoms with Gasteiger partial charge in [0.05, 0.1) is 13.2 Å². The van der Waals surface area contributed by atoms with Crippen molar-refractivity contribution in [2.75, 3.05) is 13.2 Å². The maximum atomic E-state index is 11.4. The lowest BCUT2D eigenvalue weighted by molar-refractivity contribution is 0.0722. The standard InChI is InChI=1S/C8H11N3O2/c9-11(5-6-12)8(13)7-1-3-10-4-2-7/h1-4,12H,5-6,9H2. The van der Waals surface area contributed by atoms with E-state index in [4.69, 9.17) is 10.9 Å². The summed E-state index contributed by atoms with van der Waals surface area (Å²) in [7, 11) is 0. The SMILES string of the molecule is NN(CCO)C(=O)c1ccncc1. The zero-order valence-corrected chi connectivity index (χ0v) is 7.05. The fourth-order valence-corrected chi connectivity index (χ4v) is 0.870. The molecule has 0 aliphatic rings. The van der Waals surface area contributed by atoms with Crippen molar-refractivity contribution in [1.29, 1.82) is 0 Å². The quantitative estimate of drug-likeness (QED) is 0.370. The average Bonchev–Trinajstić information content (AvgIpc) is 2.18. The van der Waals surface area contributed by atoms with Gasteiger partial charge in [0.15, 0.2) is 0 Å². The summed E-state index contributed by atoms with van der Waals surface area (Å²) >= 11 is 0. The van der Waals surface area contributed by atoms with Gasteiger partial charge in [0, 0.05) is 18.0 Å². The van der Waals surface area contributed by atoms with Gasteiger partial charge >= 0.3 is 0 Å². The molecular formula is C8H11N3O2. The Morgan fingerprint density at radius 3 is 2.69 bits per heavy atom. The number of carbonyl (C=O) groups is 1. The Morgan fingerprint density at radius 2 is 2.15 bits per heavy atom. The number of aromatic nitrogens is 1. The first-order valence-corrected chi connectivity index (χ1v) is 3.83. The van der Waals surface area contributed by atoms with Crippen molar-refractivity contribution >= 4 is 5.91 Å².